The Balaban J connectivity index is 1.21. The number of aryl methyl sites for hydroxylation is 1. The number of hydrogen-bond donors (Lipinski definition) is 2. The van der Waals surface area contributed by atoms with E-state index in [1.165, 1.54) is 22.8 Å². The van der Waals surface area contributed by atoms with Gasteiger partial charge in [-0.3, -0.25) is 14.3 Å². The van der Waals surface area contributed by atoms with Gasteiger partial charge in [0.1, 0.15) is 24.7 Å². The maximum absolute atomic E-state index is 13.7. The summed E-state index contributed by atoms with van der Waals surface area (Å²) in [5.74, 6) is 0.0625. The van der Waals surface area contributed by atoms with Crippen LogP contribution in [0.3, 0.4) is 0 Å². The minimum absolute atomic E-state index is 0.0717. The van der Waals surface area contributed by atoms with Crippen LogP contribution >= 0.6 is 12.0 Å². The summed E-state index contributed by atoms with van der Waals surface area (Å²) in [5, 5.41) is 10.6. The molecule has 0 aliphatic carbocycles. The number of nitrogens with one attached hydrogen (secondary N) is 1. The molecule has 252 valence electrons. The summed E-state index contributed by atoms with van der Waals surface area (Å²) in [4.78, 5) is 40.1. The van der Waals surface area contributed by atoms with Crippen molar-refractivity contribution in [2.75, 3.05) is 13.7 Å². The maximum Gasteiger partial charge on any atom is 0.338 e. The molecule has 1 fully saturated rings. The fourth-order valence-electron chi connectivity index (χ4n) is 5.79. The van der Waals surface area contributed by atoms with E-state index in [1.54, 1.807) is 26.2 Å². The van der Waals surface area contributed by atoms with Gasteiger partial charge < -0.3 is 23.5 Å². The molecule has 2 N–H and O–H groups in total. The number of rotatable bonds is 12. The van der Waals surface area contributed by atoms with Gasteiger partial charge in [0.25, 0.3) is 5.56 Å². The van der Waals surface area contributed by atoms with Gasteiger partial charge in [-0.05, 0) is 47.4 Å². The summed E-state index contributed by atoms with van der Waals surface area (Å²) in [5.41, 5.74) is 3.90. The number of aromatic nitrogens is 2. The second-order valence-electron chi connectivity index (χ2n) is 11.6. The standard InChI is InChI=1S/C38H36N2O8S/c1-24-21-40(38(44)39-36(24)42)33-20-31(41)32(48-33)23-46-37(43)30-15-9-14-28(34(30)25-16-18-29(45-2)19-17-25)22-47-49-35(26-10-5-3-6-11-26)27-12-7-4-8-13-27/h3-19,21,31-33,35,41H,20,22-23H2,1-2H3,(H,39,42,44)/t31-,32+,33+/m0/s1. The van der Waals surface area contributed by atoms with E-state index in [-0.39, 0.29) is 24.9 Å². The summed E-state index contributed by atoms with van der Waals surface area (Å²) < 4.78 is 24.5. The fraction of sp³-hybridized carbons (Fsp3) is 0.237. The van der Waals surface area contributed by atoms with Crippen LogP contribution in [0.25, 0.3) is 11.1 Å². The quantitative estimate of drug-likeness (QED) is 0.121. The lowest BCUT2D eigenvalue weighted by Crippen LogP contribution is -2.33. The van der Waals surface area contributed by atoms with Crippen molar-refractivity contribution < 1.29 is 28.3 Å². The molecule has 10 nitrogen and oxygen atoms in total. The number of carbonyl (C=O) groups is 1. The molecule has 2 heterocycles. The van der Waals surface area contributed by atoms with Crippen molar-refractivity contribution in [3.8, 4) is 16.9 Å². The number of aliphatic hydroxyl groups is 1. The first-order valence-corrected chi connectivity index (χ1v) is 16.6. The molecule has 0 amide bonds. The van der Waals surface area contributed by atoms with Crippen LogP contribution in [0.4, 0.5) is 0 Å². The number of carbonyl (C=O) groups excluding carboxylic acids is 1. The van der Waals surface area contributed by atoms with E-state index in [0.717, 1.165) is 22.3 Å². The van der Waals surface area contributed by atoms with Crippen molar-refractivity contribution in [3.63, 3.8) is 0 Å². The zero-order chi connectivity index (χ0) is 34.3. The molecule has 1 saturated heterocycles. The van der Waals surface area contributed by atoms with Gasteiger partial charge in [0, 0.05) is 35.8 Å². The molecule has 5 aromatic rings. The first-order valence-electron chi connectivity index (χ1n) is 15.8. The second-order valence-corrected chi connectivity index (χ2v) is 12.5. The van der Waals surface area contributed by atoms with E-state index in [0.29, 0.717) is 22.4 Å². The van der Waals surface area contributed by atoms with Gasteiger partial charge >= 0.3 is 11.7 Å². The first kappa shape index (κ1) is 33.9. The lowest BCUT2D eigenvalue weighted by Gasteiger charge is -2.19. The van der Waals surface area contributed by atoms with Gasteiger partial charge in [-0.1, -0.05) is 84.9 Å². The van der Waals surface area contributed by atoms with Crippen LogP contribution in [0.15, 0.2) is 119 Å². The minimum Gasteiger partial charge on any atom is -0.497 e. The number of H-pyrrole nitrogens is 1. The molecule has 11 heteroatoms. The topological polar surface area (TPSA) is 129 Å². The molecular formula is C38H36N2O8S. The van der Waals surface area contributed by atoms with E-state index in [4.69, 9.17) is 18.4 Å². The normalized spacial score (nSPS) is 17.3. The third-order valence-electron chi connectivity index (χ3n) is 8.37. The minimum atomic E-state index is -1.00. The number of nitrogens with zero attached hydrogens (tertiary/aromatic N) is 1. The third-order valence-corrected chi connectivity index (χ3v) is 9.36. The van der Waals surface area contributed by atoms with E-state index >= 15 is 0 Å². The molecule has 0 spiro atoms. The van der Waals surface area contributed by atoms with Crippen LogP contribution in [-0.4, -0.2) is 46.6 Å². The van der Waals surface area contributed by atoms with Gasteiger partial charge in [-0.2, -0.15) is 0 Å². The average molecular weight is 681 g/mol. The fourth-order valence-corrected chi connectivity index (χ4v) is 6.65. The SMILES string of the molecule is COc1ccc(-c2c(COSC(c3ccccc3)c3ccccc3)cccc2C(=O)OC[C@H]2O[C@@H](n3cc(C)c(=O)[nH]c3=O)C[C@@H]2O)cc1. The predicted octanol–water partition coefficient (Wildman–Crippen LogP) is 5.98. The summed E-state index contributed by atoms with van der Waals surface area (Å²) in [7, 11) is 1.59. The Morgan fingerprint density at radius 1 is 0.959 bits per heavy atom. The second kappa shape index (κ2) is 15.5. The zero-order valence-electron chi connectivity index (χ0n) is 27.0. The molecule has 0 unspecified atom stereocenters. The van der Waals surface area contributed by atoms with Gasteiger partial charge in [-0.25, -0.2) is 9.59 Å². The Morgan fingerprint density at radius 2 is 1.63 bits per heavy atom. The van der Waals surface area contributed by atoms with Crippen molar-refractivity contribution >= 4 is 18.0 Å². The highest BCUT2D eigenvalue weighted by molar-refractivity contribution is 7.95. The molecule has 0 bridgehead atoms. The monoisotopic (exact) mass is 680 g/mol. The van der Waals surface area contributed by atoms with Crippen molar-refractivity contribution in [2.45, 2.75) is 43.6 Å². The number of aromatic amines is 1. The third kappa shape index (κ3) is 7.87. The first-order chi connectivity index (χ1) is 23.8. The van der Waals surface area contributed by atoms with Crippen molar-refractivity contribution in [2.24, 2.45) is 0 Å². The molecule has 1 aromatic heterocycles. The van der Waals surface area contributed by atoms with Crippen molar-refractivity contribution in [1.29, 1.82) is 0 Å². The predicted molar refractivity (Wildman–Crippen MR) is 186 cm³/mol. The van der Waals surface area contributed by atoms with Crippen molar-refractivity contribution in [3.05, 3.63) is 158 Å². The Morgan fingerprint density at radius 3 is 2.29 bits per heavy atom. The molecule has 1 aliphatic heterocycles. The number of esters is 1. The molecule has 49 heavy (non-hydrogen) atoms. The lowest BCUT2D eigenvalue weighted by molar-refractivity contribution is -0.0532. The van der Waals surface area contributed by atoms with Crippen LogP contribution in [-0.2, 0) is 20.3 Å². The Labute approximate surface area is 287 Å². The highest BCUT2D eigenvalue weighted by Gasteiger charge is 2.36. The van der Waals surface area contributed by atoms with Gasteiger partial charge in [-0.15, -0.1) is 0 Å². The zero-order valence-corrected chi connectivity index (χ0v) is 27.8. The molecule has 4 aromatic carbocycles. The Bertz CT molecular complexity index is 1960. The van der Waals surface area contributed by atoms with E-state index < -0.39 is 35.7 Å². The van der Waals surface area contributed by atoms with Gasteiger partial charge in [0.05, 0.1) is 30.6 Å². The summed E-state index contributed by atoms with van der Waals surface area (Å²) in [6.07, 6.45) is -1.24. The number of hydrogen-bond acceptors (Lipinski definition) is 9. The summed E-state index contributed by atoms with van der Waals surface area (Å²) in [6, 6.07) is 33.0. The number of aliphatic hydroxyl groups excluding tert-OH is 1. The molecule has 1 aliphatic rings. The maximum atomic E-state index is 13.7. The van der Waals surface area contributed by atoms with E-state index in [2.05, 4.69) is 29.2 Å². The summed E-state index contributed by atoms with van der Waals surface area (Å²) in [6.45, 7) is 1.52. The molecule has 6 rings (SSSR count). The smallest absolute Gasteiger partial charge is 0.338 e. The average Bonchev–Trinajstić information content (AvgIpc) is 3.50. The van der Waals surface area contributed by atoms with Crippen LogP contribution in [0.1, 0.15) is 50.5 Å². The largest absolute Gasteiger partial charge is 0.497 e. The number of methoxy groups -OCH3 is 1. The van der Waals surface area contributed by atoms with Gasteiger partial charge in [0.15, 0.2) is 0 Å². The van der Waals surface area contributed by atoms with Gasteiger partial charge in [0.2, 0.25) is 0 Å². The number of benzene rings is 4. The van der Waals surface area contributed by atoms with Crippen LogP contribution < -0.4 is 16.0 Å². The molecule has 0 radical (unpaired) electrons. The van der Waals surface area contributed by atoms with Crippen LogP contribution in [0.2, 0.25) is 0 Å². The number of ether oxygens (including phenoxy) is 3. The lowest BCUT2D eigenvalue weighted by atomic mass is 9.94. The highest BCUT2D eigenvalue weighted by Crippen LogP contribution is 2.38. The Kier molecular flexibility index (Phi) is 10.8. The highest BCUT2D eigenvalue weighted by atomic mass is 32.2. The Hall–Kier alpha value is -4.94. The molecule has 0 saturated carbocycles. The van der Waals surface area contributed by atoms with Crippen LogP contribution in [0.5, 0.6) is 5.75 Å². The van der Waals surface area contributed by atoms with E-state index in [1.807, 2.05) is 66.7 Å². The molecule has 3 atom stereocenters. The molecular weight excluding hydrogens is 644 g/mol. The van der Waals surface area contributed by atoms with Crippen LogP contribution in [0, 0.1) is 6.92 Å². The summed E-state index contributed by atoms with van der Waals surface area (Å²) >= 11 is 1.35. The van der Waals surface area contributed by atoms with Crippen molar-refractivity contribution in [1.82, 2.24) is 9.55 Å². The van der Waals surface area contributed by atoms with E-state index in [9.17, 15) is 19.5 Å².